The van der Waals surface area contributed by atoms with E-state index in [1.54, 1.807) is 6.20 Å². The van der Waals surface area contributed by atoms with Crippen LogP contribution in [0.25, 0.3) is 16.9 Å². The Labute approximate surface area is 172 Å². The summed E-state index contributed by atoms with van der Waals surface area (Å²) in [6, 6.07) is 20.6. The van der Waals surface area contributed by atoms with E-state index in [1.165, 1.54) is 0 Å². The van der Waals surface area contributed by atoms with E-state index in [-0.39, 0.29) is 11.9 Å². The Hall–Kier alpha value is -2.92. The summed E-state index contributed by atoms with van der Waals surface area (Å²) in [7, 11) is 0. The number of nitrogens with one attached hydrogen (secondary N) is 1. The number of hydrogen-bond acceptors (Lipinski definition) is 3. The van der Waals surface area contributed by atoms with Crippen molar-refractivity contribution in [3.8, 4) is 16.9 Å². The maximum atomic E-state index is 12.9. The van der Waals surface area contributed by atoms with Crippen molar-refractivity contribution in [2.45, 2.75) is 38.8 Å². The first-order valence-electron chi connectivity index (χ1n) is 10.4. The molecule has 1 saturated heterocycles. The highest BCUT2D eigenvalue weighted by atomic mass is 16.1. The molecule has 3 aromatic rings. The highest BCUT2D eigenvalue weighted by molar-refractivity contribution is 5.95. The first-order valence-corrected chi connectivity index (χ1v) is 10.4. The van der Waals surface area contributed by atoms with Crippen molar-refractivity contribution in [1.82, 2.24) is 20.0 Å². The summed E-state index contributed by atoms with van der Waals surface area (Å²) in [5.41, 5.74) is 3.65. The Morgan fingerprint density at radius 1 is 1.03 bits per heavy atom. The fraction of sp³-hybridized carbons (Fsp3) is 0.333. The van der Waals surface area contributed by atoms with Gasteiger partial charge in [0, 0.05) is 36.3 Å². The number of carbonyl (C=O) groups is 1. The number of benzene rings is 2. The Bertz CT molecular complexity index is 956. The van der Waals surface area contributed by atoms with E-state index < -0.39 is 0 Å². The molecule has 2 heterocycles. The lowest BCUT2D eigenvalue weighted by molar-refractivity contribution is 0.0900. The summed E-state index contributed by atoms with van der Waals surface area (Å²) in [6.07, 6.45) is 3.79. The molecule has 1 aromatic heterocycles. The van der Waals surface area contributed by atoms with Crippen LogP contribution < -0.4 is 5.32 Å². The zero-order valence-corrected chi connectivity index (χ0v) is 17.1. The van der Waals surface area contributed by atoms with Gasteiger partial charge in [-0.3, -0.25) is 4.79 Å². The van der Waals surface area contributed by atoms with Gasteiger partial charge in [0.15, 0.2) is 0 Å². The minimum atomic E-state index is -0.0109. The Balaban J connectivity index is 1.49. The second-order valence-electron chi connectivity index (χ2n) is 7.92. The van der Waals surface area contributed by atoms with Gasteiger partial charge in [0.2, 0.25) is 0 Å². The fourth-order valence-corrected chi connectivity index (χ4v) is 3.94. The van der Waals surface area contributed by atoms with Gasteiger partial charge in [0.05, 0.1) is 17.6 Å². The van der Waals surface area contributed by atoms with Crippen LogP contribution in [-0.2, 0) is 0 Å². The number of likely N-dealkylation sites (tertiary alicyclic amines) is 1. The van der Waals surface area contributed by atoms with Gasteiger partial charge in [-0.15, -0.1) is 0 Å². The van der Waals surface area contributed by atoms with Crippen molar-refractivity contribution in [3.05, 3.63) is 72.4 Å². The van der Waals surface area contributed by atoms with E-state index in [0.29, 0.717) is 11.6 Å². The third-order valence-electron chi connectivity index (χ3n) is 5.66. The monoisotopic (exact) mass is 388 g/mol. The third-order valence-corrected chi connectivity index (χ3v) is 5.66. The summed E-state index contributed by atoms with van der Waals surface area (Å²) >= 11 is 0. The summed E-state index contributed by atoms with van der Waals surface area (Å²) < 4.78 is 1.88. The molecule has 1 aliphatic heterocycles. The zero-order valence-electron chi connectivity index (χ0n) is 17.1. The molecule has 0 spiro atoms. The van der Waals surface area contributed by atoms with E-state index in [1.807, 2.05) is 53.2 Å². The predicted octanol–water partition coefficient (Wildman–Crippen LogP) is 4.14. The number of carbonyl (C=O) groups excluding carboxylic acids is 1. The lowest BCUT2D eigenvalue weighted by atomic mass is 10.0. The Kier molecular flexibility index (Phi) is 5.76. The van der Waals surface area contributed by atoms with Gasteiger partial charge < -0.3 is 10.2 Å². The molecule has 0 radical (unpaired) electrons. The molecule has 2 aromatic carbocycles. The molecule has 4 rings (SSSR count). The maximum Gasteiger partial charge on any atom is 0.251 e. The number of piperidine rings is 1. The molecule has 5 nitrogen and oxygen atoms in total. The van der Waals surface area contributed by atoms with Crippen molar-refractivity contribution >= 4 is 5.91 Å². The molecular weight excluding hydrogens is 360 g/mol. The van der Waals surface area contributed by atoms with Crippen LogP contribution in [0.1, 0.15) is 37.0 Å². The van der Waals surface area contributed by atoms with E-state index in [4.69, 9.17) is 0 Å². The smallest absolute Gasteiger partial charge is 0.251 e. The number of rotatable bonds is 5. The number of amides is 1. The molecule has 0 atom stereocenters. The van der Waals surface area contributed by atoms with Gasteiger partial charge >= 0.3 is 0 Å². The average molecular weight is 389 g/mol. The van der Waals surface area contributed by atoms with Crippen LogP contribution in [0.4, 0.5) is 0 Å². The standard InChI is InChI=1S/C24H28N4O/c1-18(2)27-15-12-21(13-16-27)26-24(29)20-9-6-10-22(17-20)28-23(11-14-25-28)19-7-4-3-5-8-19/h3-11,14,17-18,21H,12-13,15-16H2,1-2H3,(H,26,29). The predicted molar refractivity (Wildman–Crippen MR) is 116 cm³/mol. The van der Waals surface area contributed by atoms with Gasteiger partial charge in [-0.05, 0) is 51.0 Å². The first-order chi connectivity index (χ1) is 14.1. The highest BCUT2D eigenvalue weighted by Gasteiger charge is 2.22. The van der Waals surface area contributed by atoms with E-state index in [9.17, 15) is 4.79 Å². The number of hydrogen-bond donors (Lipinski definition) is 1. The van der Waals surface area contributed by atoms with Crippen LogP contribution >= 0.6 is 0 Å². The molecule has 1 N–H and O–H groups in total. The van der Waals surface area contributed by atoms with Crippen LogP contribution in [0.2, 0.25) is 0 Å². The fourth-order valence-electron chi connectivity index (χ4n) is 3.94. The normalized spacial score (nSPS) is 15.6. The number of aromatic nitrogens is 2. The van der Waals surface area contributed by atoms with Crippen molar-refractivity contribution in [1.29, 1.82) is 0 Å². The molecule has 29 heavy (non-hydrogen) atoms. The molecule has 0 aliphatic carbocycles. The molecule has 5 heteroatoms. The molecule has 0 unspecified atom stereocenters. The lowest BCUT2D eigenvalue weighted by Crippen LogP contribution is -2.46. The minimum absolute atomic E-state index is 0.0109. The molecule has 0 bridgehead atoms. The Morgan fingerprint density at radius 3 is 2.52 bits per heavy atom. The molecule has 150 valence electrons. The van der Waals surface area contributed by atoms with Crippen molar-refractivity contribution < 1.29 is 4.79 Å². The van der Waals surface area contributed by atoms with Crippen LogP contribution in [0.3, 0.4) is 0 Å². The second kappa shape index (κ2) is 8.62. The summed E-state index contributed by atoms with van der Waals surface area (Å²) in [5, 5.41) is 7.70. The molecule has 1 aliphatic rings. The molecule has 0 saturated carbocycles. The van der Waals surface area contributed by atoms with E-state index in [0.717, 1.165) is 42.9 Å². The van der Waals surface area contributed by atoms with Gasteiger partial charge in [0.25, 0.3) is 5.91 Å². The van der Waals surface area contributed by atoms with Gasteiger partial charge in [-0.2, -0.15) is 5.10 Å². The van der Waals surface area contributed by atoms with Crippen molar-refractivity contribution in [2.24, 2.45) is 0 Å². The van der Waals surface area contributed by atoms with Crippen LogP contribution in [0.15, 0.2) is 66.9 Å². The number of nitrogens with zero attached hydrogens (tertiary/aromatic N) is 3. The Morgan fingerprint density at radius 2 is 1.79 bits per heavy atom. The zero-order chi connectivity index (χ0) is 20.2. The van der Waals surface area contributed by atoms with Gasteiger partial charge in [-0.25, -0.2) is 4.68 Å². The lowest BCUT2D eigenvalue weighted by Gasteiger charge is -2.34. The average Bonchev–Trinajstić information content (AvgIpc) is 3.25. The summed E-state index contributed by atoms with van der Waals surface area (Å²) in [5.74, 6) is -0.0109. The van der Waals surface area contributed by atoms with Crippen LogP contribution in [-0.4, -0.2) is 45.8 Å². The van der Waals surface area contributed by atoms with Crippen LogP contribution in [0.5, 0.6) is 0 Å². The minimum Gasteiger partial charge on any atom is -0.349 e. The first kappa shape index (κ1) is 19.4. The largest absolute Gasteiger partial charge is 0.349 e. The second-order valence-corrected chi connectivity index (χ2v) is 7.92. The van der Waals surface area contributed by atoms with Crippen LogP contribution in [0, 0.1) is 0 Å². The highest BCUT2D eigenvalue weighted by Crippen LogP contribution is 2.22. The van der Waals surface area contributed by atoms with Gasteiger partial charge in [0.1, 0.15) is 0 Å². The van der Waals surface area contributed by atoms with E-state index >= 15 is 0 Å². The van der Waals surface area contributed by atoms with Crippen molar-refractivity contribution in [2.75, 3.05) is 13.1 Å². The topological polar surface area (TPSA) is 50.2 Å². The van der Waals surface area contributed by atoms with Crippen molar-refractivity contribution in [3.63, 3.8) is 0 Å². The molecule has 1 fully saturated rings. The summed E-state index contributed by atoms with van der Waals surface area (Å²) in [6.45, 7) is 6.53. The van der Waals surface area contributed by atoms with Gasteiger partial charge in [-0.1, -0.05) is 36.4 Å². The summed E-state index contributed by atoms with van der Waals surface area (Å²) in [4.78, 5) is 15.3. The quantitative estimate of drug-likeness (QED) is 0.715. The molecular formula is C24H28N4O. The maximum absolute atomic E-state index is 12.9. The van der Waals surface area contributed by atoms with E-state index in [2.05, 4.69) is 41.3 Å². The third kappa shape index (κ3) is 4.40. The SMILES string of the molecule is CC(C)N1CCC(NC(=O)c2cccc(-n3nccc3-c3ccccc3)c2)CC1. The molecule has 1 amide bonds.